The highest BCUT2D eigenvalue weighted by Gasteiger charge is 2.31. The molecular weight excluding hydrogens is 250 g/mol. The Labute approximate surface area is 108 Å². The Morgan fingerprint density at radius 3 is 2.95 bits per heavy atom. The van der Waals surface area contributed by atoms with E-state index in [1.807, 2.05) is 6.07 Å². The van der Waals surface area contributed by atoms with Crippen molar-refractivity contribution in [1.29, 1.82) is 5.26 Å². The van der Waals surface area contributed by atoms with E-state index >= 15 is 0 Å². The highest BCUT2D eigenvalue weighted by atomic mass is 16.6. The average Bonchev–Trinajstić information content (AvgIpc) is 2.89. The molecule has 1 heterocycles. The number of carboxylic acid groups (broad SMARTS) is 1. The second-order valence-corrected chi connectivity index (χ2v) is 3.82. The minimum Gasteiger partial charge on any atom is -0.477 e. The van der Waals surface area contributed by atoms with E-state index in [-0.39, 0.29) is 12.1 Å². The number of carboxylic acids is 1. The van der Waals surface area contributed by atoms with Gasteiger partial charge in [-0.05, 0) is 18.2 Å². The van der Waals surface area contributed by atoms with Gasteiger partial charge in [-0.25, -0.2) is 4.79 Å². The number of carbonyl (C=O) groups excluding carboxylic acids is 1. The summed E-state index contributed by atoms with van der Waals surface area (Å²) in [6.45, 7) is 0. The molecule has 1 atom stereocenters. The number of carbonyl (C=O) groups is 2. The van der Waals surface area contributed by atoms with E-state index in [1.165, 1.54) is 6.07 Å². The van der Waals surface area contributed by atoms with Crippen molar-refractivity contribution in [2.24, 2.45) is 5.16 Å². The molecule has 1 aliphatic rings. The minimum absolute atomic E-state index is 0.0842. The average molecular weight is 259 g/mol. The Morgan fingerprint density at radius 2 is 2.32 bits per heavy atom. The lowest BCUT2D eigenvalue weighted by molar-refractivity contribution is -0.129. The Balaban J connectivity index is 1.99. The van der Waals surface area contributed by atoms with Gasteiger partial charge >= 0.3 is 5.97 Å². The van der Waals surface area contributed by atoms with Crippen LogP contribution in [0.5, 0.6) is 0 Å². The van der Waals surface area contributed by atoms with Crippen molar-refractivity contribution in [1.82, 2.24) is 0 Å². The molecule has 0 spiro atoms. The zero-order valence-electron chi connectivity index (χ0n) is 9.66. The number of benzene rings is 1. The van der Waals surface area contributed by atoms with Gasteiger partial charge in [-0.2, -0.15) is 5.26 Å². The Kier molecular flexibility index (Phi) is 3.43. The van der Waals surface area contributed by atoms with E-state index in [0.29, 0.717) is 11.3 Å². The number of oxime groups is 1. The highest BCUT2D eigenvalue weighted by molar-refractivity contribution is 6.36. The third-order valence-corrected chi connectivity index (χ3v) is 2.47. The molecule has 19 heavy (non-hydrogen) atoms. The van der Waals surface area contributed by atoms with Gasteiger partial charge in [0.05, 0.1) is 11.6 Å². The number of nitrogens with one attached hydrogen (secondary N) is 1. The molecule has 96 valence electrons. The Hall–Kier alpha value is -2.88. The smallest absolute Gasteiger partial charge is 0.353 e. The van der Waals surface area contributed by atoms with Gasteiger partial charge in [-0.15, -0.1) is 0 Å². The van der Waals surface area contributed by atoms with Crippen LogP contribution in [0.1, 0.15) is 12.0 Å². The normalized spacial score (nSPS) is 17.0. The van der Waals surface area contributed by atoms with Gasteiger partial charge in [0.25, 0.3) is 5.91 Å². The molecule has 7 nitrogen and oxygen atoms in total. The molecule has 0 saturated carbocycles. The van der Waals surface area contributed by atoms with Crippen LogP contribution in [0.25, 0.3) is 0 Å². The molecule has 1 aliphatic heterocycles. The van der Waals surface area contributed by atoms with Crippen molar-refractivity contribution in [3.63, 3.8) is 0 Å². The number of hydrogen-bond acceptors (Lipinski definition) is 5. The van der Waals surface area contributed by atoms with Gasteiger partial charge in [0.1, 0.15) is 0 Å². The number of anilines is 1. The van der Waals surface area contributed by atoms with Gasteiger partial charge in [0, 0.05) is 12.1 Å². The van der Waals surface area contributed by atoms with Crippen LogP contribution in [-0.4, -0.2) is 28.8 Å². The van der Waals surface area contributed by atoms with Gasteiger partial charge in [0.15, 0.2) is 5.71 Å². The molecular formula is C12H9N3O4. The predicted molar refractivity (Wildman–Crippen MR) is 64.3 cm³/mol. The second-order valence-electron chi connectivity index (χ2n) is 3.82. The van der Waals surface area contributed by atoms with Crippen molar-refractivity contribution in [2.75, 3.05) is 5.32 Å². The molecule has 2 rings (SSSR count). The molecule has 0 fully saturated rings. The molecule has 2 N–H and O–H groups in total. The van der Waals surface area contributed by atoms with E-state index in [9.17, 15) is 9.59 Å². The SMILES string of the molecule is N#Cc1cccc(NC(=O)C2CC(C(=O)O)=NO2)c1. The zero-order chi connectivity index (χ0) is 13.8. The molecule has 1 amide bonds. The summed E-state index contributed by atoms with van der Waals surface area (Å²) >= 11 is 0. The number of hydrogen-bond donors (Lipinski definition) is 2. The van der Waals surface area contributed by atoms with Gasteiger partial charge in [-0.1, -0.05) is 11.2 Å². The summed E-state index contributed by atoms with van der Waals surface area (Å²) in [6, 6.07) is 8.31. The third kappa shape index (κ3) is 2.87. The largest absolute Gasteiger partial charge is 0.477 e. The van der Waals surface area contributed by atoms with Crippen LogP contribution in [0.2, 0.25) is 0 Å². The van der Waals surface area contributed by atoms with Crippen LogP contribution in [0.4, 0.5) is 5.69 Å². The Bertz CT molecular complexity index is 603. The predicted octanol–water partition coefficient (Wildman–Crippen LogP) is 0.726. The summed E-state index contributed by atoms with van der Waals surface area (Å²) in [5.74, 6) is -1.71. The van der Waals surface area contributed by atoms with Crippen LogP contribution in [0.15, 0.2) is 29.4 Å². The van der Waals surface area contributed by atoms with Crippen LogP contribution in [0.3, 0.4) is 0 Å². The zero-order valence-corrected chi connectivity index (χ0v) is 9.66. The first kappa shape index (κ1) is 12.6. The van der Waals surface area contributed by atoms with E-state index in [4.69, 9.17) is 15.2 Å². The first-order chi connectivity index (χ1) is 9.10. The summed E-state index contributed by atoms with van der Waals surface area (Å²) in [5.41, 5.74) is 0.662. The summed E-state index contributed by atoms with van der Waals surface area (Å²) < 4.78 is 0. The Morgan fingerprint density at radius 1 is 1.53 bits per heavy atom. The minimum atomic E-state index is -1.21. The molecule has 0 bridgehead atoms. The molecule has 7 heteroatoms. The fourth-order valence-corrected chi connectivity index (χ4v) is 1.53. The molecule has 0 aromatic heterocycles. The second kappa shape index (κ2) is 5.18. The molecule has 1 aromatic carbocycles. The van der Waals surface area contributed by atoms with Crippen LogP contribution >= 0.6 is 0 Å². The number of aliphatic carboxylic acids is 1. The molecule has 0 radical (unpaired) electrons. The van der Waals surface area contributed by atoms with E-state index in [0.717, 1.165) is 0 Å². The van der Waals surface area contributed by atoms with E-state index in [1.54, 1.807) is 18.2 Å². The van der Waals surface area contributed by atoms with Gasteiger partial charge in [-0.3, -0.25) is 4.79 Å². The summed E-state index contributed by atoms with van der Waals surface area (Å²) in [5, 5.41) is 23.3. The lowest BCUT2D eigenvalue weighted by atomic mass is 10.1. The summed E-state index contributed by atoms with van der Waals surface area (Å²) in [6.07, 6.45) is -1.05. The lowest BCUT2D eigenvalue weighted by Crippen LogP contribution is -2.28. The maximum atomic E-state index is 11.8. The quantitative estimate of drug-likeness (QED) is 0.830. The van der Waals surface area contributed by atoms with Crippen LogP contribution in [-0.2, 0) is 14.4 Å². The first-order valence-electron chi connectivity index (χ1n) is 5.37. The molecule has 1 aromatic rings. The van der Waals surface area contributed by atoms with Crippen LogP contribution < -0.4 is 5.32 Å². The summed E-state index contributed by atoms with van der Waals surface area (Å²) in [4.78, 5) is 27.2. The number of rotatable bonds is 3. The molecule has 1 unspecified atom stereocenters. The highest BCUT2D eigenvalue weighted by Crippen LogP contribution is 2.15. The topological polar surface area (TPSA) is 112 Å². The summed E-state index contributed by atoms with van der Waals surface area (Å²) in [7, 11) is 0. The number of nitrogens with zero attached hydrogens (tertiary/aromatic N) is 2. The number of amides is 1. The van der Waals surface area contributed by atoms with Crippen molar-refractivity contribution in [2.45, 2.75) is 12.5 Å². The fourth-order valence-electron chi connectivity index (χ4n) is 1.53. The van der Waals surface area contributed by atoms with E-state index in [2.05, 4.69) is 10.5 Å². The number of nitriles is 1. The van der Waals surface area contributed by atoms with Crippen molar-refractivity contribution in [3.8, 4) is 6.07 Å². The standard InChI is InChI=1S/C12H9N3O4/c13-6-7-2-1-3-8(4-7)14-11(16)10-5-9(12(17)18)15-19-10/h1-4,10H,5H2,(H,14,16)(H,17,18). The van der Waals surface area contributed by atoms with Gasteiger partial charge in [0.2, 0.25) is 6.10 Å². The maximum Gasteiger partial charge on any atom is 0.353 e. The van der Waals surface area contributed by atoms with E-state index < -0.39 is 18.0 Å². The van der Waals surface area contributed by atoms with Crippen LogP contribution in [0, 0.1) is 11.3 Å². The molecule has 0 aliphatic carbocycles. The first-order valence-corrected chi connectivity index (χ1v) is 5.37. The monoisotopic (exact) mass is 259 g/mol. The maximum absolute atomic E-state index is 11.8. The fraction of sp³-hybridized carbons (Fsp3) is 0.167. The lowest BCUT2D eigenvalue weighted by Gasteiger charge is -2.09. The van der Waals surface area contributed by atoms with Crippen molar-refractivity contribution >= 4 is 23.3 Å². The van der Waals surface area contributed by atoms with Gasteiger partial charge < -0.3 is 15.3 Å². The molecule has 0 saturated heterocycles. The third-order valence-electron chi connectivity index (χ3n) is 2.47. The van der Waals surface area contributed by atoms with Crippen molar-refractivity contribution in [3.05, 3.63) is 29.8 Å². The van der Waals surface area contributed by atoms with Crippen molar-refractivity contribution < 1.29 is 19.5 Å².